The molecule has 130 valence electrons. The number of aliphatic hydroxyl groups excluding tert-OH is 3. The monoisotopic (exact) mass is 320 g/mol. The van der Waals surface area contributed by atoms with E-state index in [1.54, 1.807) is 6.92 Å². The van der Waals surface area contributed by atoms with Gasteiger partial charge in [-0.1, -0.05) is 6.42 Å². The summed E-state index contributed by atoms with van der Waals surface area (Å²) in [6.07, 6.45) is -2.34. The van der Waals surface area contributed by atoms with Crippen LogP contribution in [0.3, 0.4) is 0 Å². The van der Waals surface area contributed by atoms with Gasteiger partial charge >= 0.3 is 0 Å². The summed E-state index contributed by atoms with van der Waals surface area (Å²) in [5.41, 5.74) is 5.37. The fourth-order valence-corrected chi connectivity index (χ4v) is 2.21. The number of ether oxygens (including phenoxy) is 2. The van der Waals surface area contributed by atoms with Crippen LogP contribution in [0.15, 0.2) is 0 Å². The van der Waals surface area contributed by atoms with Crippen LogP contribution >= 0.6 is 0 Å². The lowest BCUT2D eigenvalue weighted by atomic mass is 10.0. The average molecular weight is 320 g/mol. The van der Waals surface area contributed by atoms with E-state index in [2.05, 4.69) is 5.32 Å². The maximum absolute atomic E-state index is 11.5. The number of aliphatic hydroxyl groups is 3. The van der Waals surface area contributed by atoms with Gasteiger partial charge in [0.05, 0.1) is 12.7 Å². The highest BCUT2D eigenvalue weighted by Crippen LogP contribution is 2.21. The maximum atomic E-state index is 11.5. The zero-order valence-electron chi connectivity index (χ0n) is 13.0. The Bertz CT molecular complexity index is 330. The Morgan fingerprint density at radius 1 is 1.18 bits per heavy atom. The number of carbonyl (C=O) groups is 1. The van der Waals surface area contributed by atoms with E-state index < -0.39 is 30.7 Å². The molecule has 0 saturated carbocycles. The quantitative estimate of drug-likeness (QED) is 0.325. The van der Waals surface area contributed by atoms with E-state index in [1.807, 2.05) is 0 Å². The second-order valence-electron chi connectivity index (χ2n) is 5.50. The molecule has 22 heavy (non-hydrogen) atoms. The number of hydrogen-bond donors (Lipinski definition) is 5. The van der Waals surface area contributed by atoms with Crippen LogP contribution in [0.2, 0.25) is 0 Å². The van der Waals surface area contributed by atoms with E-state index in [4.69, 9.17) is 15.2 Å². The van der Waals surface area contributed by atoms with Gasteiger partial charge in [-0.3, -0.25) is 4.79 Å². The highest BCUT2D eigenvalue weighted by atomic mass is 16.7. The van der Waals surface area contributed by atoms with Crippen LogP contribution in [0.4, 0.5) is 0 Å². The molecule has 0 unspecified atom stereocenters. The molecular weight excluding hydrogens is 292 g/mol. The van der Waals surface area contributed by atoms with Gasteiger partial charge in [-0.15, -0.1) is 0 Å². The number of nitrogens with one attached hydrogen (secondary N) is 1. The van der Waals surface area contributed by atoms with Crippen LogP contribution in [0, 0.1) is 0 Å². The molecule has 0 radical (unpaired) electrons. The van der Waals surface area contributed by atoms with Crippen molar-refractivity contribution in [2.75, 3.05) is 19.7 Å². The summed E-state index contributed by atoms with van der Waals surface area (Å²) in [6.45, 7) is 2.65. The Morgan fingerprint density at radius 2 is 1.91 bits per heavy atom. The van der Waals surface area contributed by atoms with E-state index in [0.29, 0.717) is 13.0 Å². The molecule has 8 heteroatoms. The maximum Gasteiger partial charge on any atom is 0.220 e. The molecule has 0 spiro atoms. The molecule has 5 atom stereocenters. The van der Waals surface area contributed by atoms with Gasteiger partial charge in [-0.2, -0.15) is 0 Å². The first kappa shape index (κ1) is 19.3. The Labute approximate surface area is 130 Å². The molecule has 1 amide bonds. The molecule has 6 N–H and O–H groups in total. The number of amides is 1. The van der Waals surface area contributed by atoms with Crippen molar-refractivity contribution in [1.82, 2.24) is 5.32 Å². The third-order valence-electron chi connectivity index (χ3n) is 3.62. The fourth-order valence-electron chi connectivity index (χ4n) is 2.21. The van der Waals surface area contributed by atoms with Crippen molar-refractivity contribution >= 4 is 5.91 Å². The molecule has 0 aliphatic carbocycles. The van der Waals surface area contributed by atoms with Crippen molar-refractivity contribution in [1.29, 1.82) is 0 Å². The molecule has 1 aliphatic rings. The molecule has 0 aromatic heterocycles. The summed E-state index contributed by atoms with van der Waals surface area (Å²) in [7, 11) is 0. The molecule has 0 aromatic rings. The Hall–Kier alpha value is -0.770. The van der Waals surface area contributed by atoms with Gasteiger partial charge in [-0.05, 0) is 26.3 Å². The van der Waals surface area contributed by atoms with Crippen molar-refractivity contribution in [3.05, 3.63) is 0 Å². The standard InChI is InChI=1S/C14H28N2O6/c1-9-11(18)12(19)13(20)14(22-9)21-8-7-16-10(17)5-3-2-4-6-15/h9,11-14,18-20H,2-8,15H2,1H3,(H,16,17)/t9-,11+,12+,13-,14+/m0/s1. The Kier molecular flexibility index (Phi) is 8.84. The van der Waals surface area contributed by atoms with E-state index in [0.717, 1.165) is 19.3 Å². The van der Waals surface area contributed by atoms with Crippen molar-refractivity contribution in [2.24, 2.45) is 5.73 Å². The lowest BCUT2D eigenvalue weighted by Crippen LogP contribution is -2.57. The van der Waals surface area contributed by atoms with Gasteiger partial charge in [0.25, 0.3) is 0 Å². The average Bonchev–Trinajstić information content (AvgIpc) is 2.50. The fraction of sp³-hybridized carbons (Fsp3) is 0.929. The zero-order chi connectivity index (χ0) is 16.5. The SMILES string of the molecule is C[C@@H]1O[C@@H](OCCNC(=O)CCCCCN)[C@@H](O)[C@H](O)[C@@H]1O. The van der Waals surface area contributed by atoms with Crippen LogP contribution in [-0.4, -0.2) is 71.6 Å². The van der Waals surface area contributed by atoms with Crippen LogP contribution in [-0.2, 0) is 14.3 Å². The van der Waals surface area contributed by atoms with Crippen molar-refractivity contribution in [3.63, 3.8) is 0 Å². The van der Waals surface area contributed by atoms with Crippen molar-refractivity contribution < 1.29 is 29.6 Å². The molecule has 1 saturated heterocycles. The smallest absolute Gasteiger partial charge is 0.220 e. The summed E-state index contributed by atoms with van der Waals surface area (Å²) < 4.78 is 10.6. The first-order valence-electron chi connectivity index (χ1n) is 7.75. The second kappa shape index (κ2) is 10.1. The van der Waals surface area contributed by atoms with Crippen molar-refractivity contribution in [3.8, 4) is 0 Å². The van der Waals surface area contributed by atoms with E-state index >= 15 is 0 Å². The third kappa shape index (κ3) is 6.15. The number of rotatable bonds is 9. The van der Waals surface area contributed by atoms with Gasteiger partial charge in [0, 0.05) is 13.0 Å². The molecule has 1 rings (SSSR count). The summed E-state index contributed by atoms with van der Waals surface area (Å²) in [6, 6.07) is 0. The number of unbranched alkanes of at least 4 members (excludes halogenated alkanes) is 2. The summed E-state index contributed by atoms with van der Waals surface area (Å²) in [5.74, 6) is -0.0606. The van der Waals surface area contributed by atoms with Gasteiger partial charge in [0.15, 0.2) is 6.29 Å². The van der Waals surface area contributed by atoms with E-state index in [-0.39, 0.29) is 19.1 Å². The number of carbonyl (C=O) groups excluding carboxylic acids is 1. The Balaban J connectivity index is 2.15. The molecule has 1 aliphatic heterocycles. The third-order valence-corrected chi connectivity index (χ3v) is 3.62. The minimum absolute atomic E-state index is 0.0606. The van der Waals surface area contributed by atoms with Crippen LogP contribution in [0.5, 0.6) is 0 Å². The first-order chi connectivity index (χ1) is 10.5. The Morgan fingerprint density at radius 3 is 2.59 bits per heavy atom. The van der Waals surface area contributed by atoms with E-state index in [1.165, 1.54) is 0 Å². The summed E-state index contributed by atoms with van der Waals surface area (Å²) in [4.78, 5) is 11.5. The van der Waals surface area contributed by atoms with Gasteiger partial charge in [0.1, 0.15) is 18.3 Å². The lowest BCUT2D eigenvalue weighted by molar-refractivity contribution is -0.292. The predicted octanol–water partition coefficient (Wildman–Crippen LogP) is -1.53. The summed E-state index contributed by atoms with van der Waals surface area (Å²) >= 11 is 0. The molecule has 1 heterocycles. The number of nitrogens with two attached hydrogens (primary N) is 1. The number of hydrogen-bond acceptors (Lipinski definition) is 7. The predicted molar refractivity (Wildman–Crippen MR) is 78.8 cm³/mol. The van der Waals surface area contributed by atoms with E-state index in [9.17, 15) is 20.1 Å². The normalized spacial score (nSPS) is 32.0. The highest BCUT2D eigenvalue weighted by Gasteiger charge is 2.42. The minimum atomic E-state index is -1.32. The van der Waals surface area contributed by atoms with Crippen LogP contribution in [0.1, 0.15) is 32.6 Å². The molecule has 1 fully saturated rings. The highest BCUT2D eigenvalue weighted by molar-refractivity contribution is 5.75. The van der Waals surface area contributed by atoms with Gasteiger partial charge in [0.2, 0.25) is 5.91 Å². The molecule has 0 aromatic carbocycles. The first-order valence-corrected chi connectivity index (χ1v) is 7.75. The molecular formula is C14H28N2O6. The van der Waals surface area contributed by atoms with Crippen LogP contribution in [0.25, 0.3) is 0 Å². The van der Waals surface area contributed by atoms with Crippen molar-refractivity contribution in [2.45, 2.75) is 63.3 Å². The second-order valence-corrected chi connectivity index (χ2v) is 5.50. The minimum Gasteiger partial charge on any atom is -0.388 e. The topological polar surface area (TPSA) is 134 Å². The zero-order valence-corrected chi connectivity index (χ0v) is 13.0. The van der Waals surface area contributed by atoms with Crippen LogP contribution < -0.4 is 11.1 Å². The molecule has 0 bridgehead atoms. The van der Waals surface area contributed by atoms with Gasteiger partial charge in [-0.25, -0.2) is 0 Å². The largest absolute Gasteiger partial charge is 0.388 e. The molecule has 8 nitrogen and oxygen atoms in total. The lowest BCUT2D eigenvalue weighted by Gasteiger charge is -2.38. The van der Waals surface area contributed by atoms with Gasteiger partial charge < -0.3 is 35.8 Å². The summed E-state index contributed by atoms with van der Waals surface area (Å²) in [5, 5.41) is 31.6.